The third kappa shape index (κ3) is 5.30. The molecule has 0 aliphatic rings. The molecule has 0 aromatic heterocycles. The highest BCUT2D eigenvalue weighted by molar-refractivity contribution is 6.03. The molecule has 4 rings (SSSR count). The number of amides is 1. The minimum atomic E-state index is 0.0159. The van der Waals surface area contributed by atoms with Gasteiger partial charge in [0.1, 0.15) is 0 Å². The number of aryl methyl sites for hydroxylation is 2. The first-order chi connectivity index (χ1) is 16.0. The van der Waals surface area contributed by atoms with Gasteiger partial charge in [-0.25, -0.2) is 0 Å². The summed E-state index contributed by atoms with van der Waals surface area (Å²) in [5.41, 5.74) is 8.96. The summed E-state index contributed by atoms with van der Waals surface area (Å²) in [6.07, 6.45) is 0. The zero-order chi connectivity index (χ0) is 23.2. The second-order valence-corrected chi connectivity index (χ2v) is 8.39. The van der Waals surface area contributed by atoms with Gasteiger partial charge >= 0.3 is 0 Å². The molecule has 1 amide bonds. The molecule has 4 aromatic carbocycles. The molecule has 0 unspecified atom stereocenters. The van der Waals surface area contributed by atoms with E-state index in [-0.39, 0.29) is 5.91 Å². The number of hydrogen-bond donors (Lipinski definition) is 0. The lowest BCUT2D eigenvalue weighted by Gasteiger charge is -2.26. The van der Waals surface area contributed by atoms with Crippen LogP contribution in [0.1, 0.15) is 34.7 Å². The van der Waals surface area contributed by atoms with Crippen molar-refractivity contribution in [2.24, 2.45) is 0 Å². The SMILES string of the molecule is CC(=O)N(C/C(=C(/c1ccccc1)c1ccc(C)cc1)c1ccc(C)cc1)c1ccccc1. The third-order valence-electron chi connectivity index (χ3n) is 5.87. The third-order valence-corrected chi connectivity index (χ3v) is 5.87. The van der Waals surface area contributed by atoms with Gasteiger partial charge in [-0.05, 0) is 53.8 Å². The number of carbonyl (C=O) groups excluding carboxylic acids is 1. The molecule has 2 heteroatoms. The quantitative estimate of drug-likeness (QED) is 0.293. The Hall–Kier alpha value is -3.91. The molecule has 4 aromatic rings. The normalized spacial score (nSPS) is 11.6. The van der Waals surface area contributed by atoms with Crippen molar-refractivity contribution < 1.29 is 4.79 Å². The van der Waals surface area contributed by atoms with Gasteiger partial charge < -0.3 is 4.90 Å². The van der Waals surface area contributed by atoms with Crippen molar-refractivity contribution in [1.29, 1.82) is 0 Å². The lowest BCUT2D eigenvalue weighted by molar-refractivity contribution is -0.116. The molecule has 0 aliphatic heterocycles. The molecule has 0 saturated heterocycles. The van der Waals surface area contributed by atoms with Crippen molar-refractivity contribution >= 4 is 22.7 Å². The molecule has 0 saturated carbocycles. The van der Waals surface area contributed by atoms with Crippen molar-refractivity contribution in [2.75, 3.05) is 11.4 Å². The van der Waals surface area contributed by atoms with Crippen molar-refractivity contribution in [3.8, 4) is 0 Å². The smallest absolute Gasteiger partial charge is 0.224 e. The first kappa shape index (κ1) is 22.3. The molecule has 0 N–H and O–H groups in total. The van der Waals surface area contributed by atoms with Gasteiger partial charge in [-0.1, -0.05) is 108 Å². The number of carbonyl (C=O) groups is 1. The summed E-state index contributed by atoms with van der Waals surface area (Å²) >= 11 is 0. The molecule has 0 heterocycles. The highest BCUT2D eigenvalue weighted by Crippen LogP contribution is 2.34. The molecule has 164 valence electrons. The first-order valence-corrected chi connectivity index (χ1v) is 11.3. The van der Waals surface area contributed by atoms with Crippen LogP contribution in [0.3, 0.4) is 0 Å². The summed E-state index contributed by atoms with van der Waals surface area (Å²) in [7, 11) is 0. The van der Waals surface area contributed by atoms with Gasteiger partial charge in [-0.15, -0.1) is 0 Å². The minimum absolute atomic E-state index is 0.0159. The Morgan fingerprint density at radius 3 is 1.58 bits per heavy atom. The predicted molar refractivity (Wildman–Crippen MR) is 139 cm³/mol. The Kier molecular flexibility index (Phi) is 6.85. The van der Waals surface area contributed by atoms with E-state index in [9.17, 15) is 4.79 Å². The highest BCUT2D eigenvalue weighted by Gasteiger charge is 2.20. The maximum absolute atomic E-state index is 12.8. The summed E-state index contributed by atoms with van der Waals surface area (Å²) < 4.78 is 0. The Labute approximate surface area is 196 Å². The molecular weight excluding hydrogens is 402 g/mol. The Bertz CT molecular complexity index is 1240. The van der Waals surface area contributed by atoms with Crippen LogP contribution in [0.5, 0.6) is 0 Å². The van der Waals surface area contributed by atoms with Crippen LogP contribution in [0.2, 0.25) is 0 Å². The van der Waals surface area contributed by atoms with Gasteiger partial charge in [0.15, 0.2) is 0 Å². The summed E-state index contributed by atoms with van der Waals surface area (Å²) in [6, 6.07) is 37.6. The molecule has 2 nitrogen and oxygen atoms in total. The monoisotopic (exact) mass is 431 g/mol. The van der Waals surface area contributed by atoms with Gasteiger partial charge in [0.2, 0.25) is 5.91 Å². The molecule has 0 spiro atoms. The van der Waals surface area contributed by atoms with E-state index < -0.39 is 0 Å². The van der Waals surface area contributed by atoms with Crippen molar-refractivity contribution in [1.82, 2.24) is 0 Å². The molecule has 0 radical (unpaired) electrons. The van der Waals surface area contributed by atoms with E-state index in [2.05, 4.69) is 86.6 Å². The average Bonchev–Trinajstić information content (AvgIpc) is 2.84. The maximum atomic E-state index is 12.8. The molecular formula is C31H29NO. The zero-order valence-electron chi connectivity index (χ0n) is 19.5. The van der Waals surface area contributed by atoms with Crippen LogP contribution in [0.4, 0.5) is 5.69 Å². The topological polar surface area (TPSA) is 20.3 Å². The average molecular weight is 432 g/mol. The van der Waals surface area contributed by atoms with E-state index in [0.29, 0.717) is 6.54 Å². The van der Waals surface area contributed by atoms with Crippen LogP contribution < -0.4 is 4.90 Å². The predicted octanol–water partition coefficient (Wildman–Crippen LogP) is 7.32. The van der Waals surface area contributed by atoms with E-state index in [0.717, 1.165) is 33.5 Å². The van der Waals surface area contributed by atoms with Gasteiger partial charge in [0.25, 0.3) is 0 Å². The van der Waals surface area contributed by atoms with Crippen molar-refractivity contribution in [3.63, 3.8) is 0 Å². The fraction of sp³-hybridized carbons (Fsp3) is 0.129. The largest absolute Gasteiger partial charge is 0.308 e. The number of nitrogens with zero attached hydrogens (tertiary/aromatic N) is 1. The van der Waals surface area contributed by atoms with Crippen LogP contribution in [-0.4, -0.2) is 12.5 Å². The maximum Gasteiger partial charge on any atom is 0.224 e. The van der Waals surface area contributed by atoms with Gasteiger partial charge in [-0.2, -0.15) is 0 Å². The zero-order valence-corrected chi connectivity index (χ0v) is 19.5. The molecule has 0 bridgehead atoms. The first-order valence-electron chi connectivity index (χ1n) is 11.3. The second kappa shape index (κ2) is 10.1. The Morgan fingerprint density at radius 1 is 0.606 bits per heavy atom. The van der Waals surface area contributed by atoms with Gasteiger partial charge in [0, 0.05) is 12.6 Å². The number of anilines is 1. The Morgan fingerprint density at radius 2 is 1.06 bits per heavy atom. The summed E-state index contributed by atoms with van der Waals surface area (Å²) in [5.74, 6) is 0.0159. The highest BCUT2D eigenvalue weighted by atomic mass is 16.2. The van der Waals surface area contributed by atoms with E-state index >= 15 is 0 Å². The van der Waals surface area contributed by atoms with Crippen LogP contribution >= 0.6 is 0 Å². The van der Waals surface area contributed by atoms with Crippen LogP contribution in [0, 0.1) is 13.8 Å². The van der Waals surface area contributed by atoms with Crippen molar-refractivity contribution in [2.45, 2.75) is 20.8 Å². The van der Waals surface area contributed by atoms with Crippen LogP contribution in [0.25, 0.3) is 11.1 Å². The van der Waals surface area contributed by atoms with Crippen LogP contribution in [0.15, 0.2) is 109 Å². The number of para-hydroxylation sites is 1. The standard InChI is InChI=1S/C31H29NO/c1-23-14-18-26(19-15-23)30(22-32(25(3)33)29-12-8-5-9-13-29)31(27-10-6-4-7-11-27)28-20-16-24(2)17-21-28/h4-21H,22H2,1-3H3/b31-30+. The van der Waals surface area contributed by atoms with E-state index in [1.165, 1.54) is 11.1 Å². The molecule has 0 atom stereocenters. The summed E-state index contributed by atoms with van der Waals surface area (Å²) in [4.78, 5) is 14.7. The van der Waals surface area contributed by atoms with Gasteiger partial charge in [-0.3, -0.25) is 4.79 Å². The number of hydrogen-bond acceptors (Lipinski definition) is 1. The van der Waals surface area contributed by atoms with Crippen molar-refractivity contribution in [3.05, 3.63) is 137 Å². The van der Waals surface area contributed by atoms with Gasteiger partial charge in [0.05, 0.1) is 6.54 Å². The summed E-state index contributed by atoms with van der Waals surface area (Å²) in [6.45, 7) is 6.30. The molecule has 0 fully saturated rings. The minimum Gasteiger partial charge on any atom is -0.308 e. The fourth-order valence-electron chi connectivity index (χ4n) is 4.06. The molecule has 33 heavy (non-hydrogen) atoms. The lowest BCUT2D eigenvalue weighted by atomic mass is 9.88. The van der Waals surface area contributed by atoms with Crippen LogP contribution in [-0.2, 0) is 4.79 Å². The van der Waals surface area contributed by atoms with E-state index in [4.69, 9.17) is 0 Å². The summed E-state index contributed by atoms with van der Waals surface area (Å²) in [5, 5.41) is 0. The van der Waals surface area contributed by atoms with E-state index in [1.807, 2.05) is 41.3 Å². The van der Waals surface area contributed by atoms with E-state index in [1.54, 1.807) is 6.92 Å². The number of rotatable bonds is 6. The second-order valence-electron chi connectivity index (χ2n) is 8.39. The molecule has 0 aliphatic carbocycles. The number of benzene rings is 4. The Balaban J connectivity index is 1.98. The fourth-order valence-corrected chi connectivity index (χ4v) is 4.06. The lowest BCUT2D eigenvalue weighted by Crippen LogP contribution is -2.30.